The van der Waals surface area contributed by atoms with E-state index in [1.54, 1.807) is 0 Å². The molecule has 0 atom stereocenters. The number of rotatable bonds is 5. The molecule has 2 N–H and O–H groups in total. The van der Waals surface area contributed by atoms with Crippen molar-refractivity contribution in [1.82, 2.24) is 4.98 Å². The highest BCUT2D eigenvalue weighted by atomic mass is 16.5. The maximum Gasteiger partial charge on any atom is 0.239 e. The molecule has 1 aromatic heterocycles. The number of hydrogen-bond acceptors (Lipinski definition) is 4. The standard InChI is InChI=1S/C15H27N3O/c1-11(2)9-10-18(6)13-8-7-12(16)14(17-13)19-15(3,4)5/h7-8,11H,9-10,16H2,1-6H3. The van der Waals surface area contributed by atoms with Crippen molar-refractivity contribution < 1.29 is 4.74 Å². The van der Waals surface area contributed by atoms with E-state index in [0.717, 1.165) is 18.8 Å². The van der Waals surface area contributed by atoms with E-state index in [4.69, 9.17) is 10.5 Å². The molecule has 0 aliphatic rings. The second kappa shape index (κ2) is 6.13. The van der Waals surface area contributed by atoms with Gasteiger partial charge in [-0.1, -0.05) is 13.8 Å². The van der Waals surface area contributed by atoms with Crippen LogP contribution in [-0.4, -0.2) is 24.2 Å². The Kier molecular flexibility index (Phi) is 5.04. The highest BCUT2D eigenvalue weighted by molar-refractivity contribution is 5.54. The first-order valence-electron chi connectivity index (χ1n) is 6.85. The quantitative estimate of drug-likeness (QED) is 0.887. The molecule has 0 saturated carbocycles. The van der Waals surface area contributed by atoms with Crippen molar-refractivity contribution in [3.8, 4) is 5.88 Å². The van der Waals surface area contributed by atoms with E-state index in [9.17, 15) is 0 Å². The molecule has 0 amide bonds. The van der Waals surface area contributed by atoms with Crippen molar-refractivity contribution in [3.05, 3.63) is 12.1 Å². The third kappa shape index (κ3) is 5.37. The fraction of sp³-hybridized carbons (Fsp3) is 0.667. The van der Waals surface area contributed by atoms with Crippen molar-refractivity contribution in [3.63, 3.8) is 0 Å². The van der Waals surface area contributed by atoms with Crippen LogP contribution in [0.5, 0.6) is 5.88 Å². The van der Waals surface area contributed by atoms with Crippen LogP contribution in [0.25, 0.3) is 0 Å². The summed E-state index contributed by atoms with van der Waals surface area (Å²) in [4.78, 5) is 6.65. The zero-order valence-corrected chi connectivity index (χ0v) is 13.0. The highest BCUT2D eigenvalue weighted by Crippen LogP contribution is 2.26. The number of nitrogens with zero attached hydrogens (tertiary/aromatic N) is 2. The molecular weight excluding hydrogens is 238 g/mol. The minimum absolute atomic E-state index is 0.295. The van der Waals surface area contributed by atoms with Crippen LogP contribution >= 0.6 is 0 Å². The number of hydrogen-bond donors (Lipinski definition) is 1. The monoisotopic (exact) mass is 265 g/mol. The predicted molar refractivity (Wildman–Crippen MR) is 81.8 cm³/mol. The summed E-state index contributed by atoms with van der Waals surface area (Å²) in [5.74, 6) is 2.09. The highest BCUT2D eigenvalue weighted by Gasteiger charge is 2.16. The molecule has 0 fully saturated rings. The largest absolute Gasteiger partial charge is 0.470 e. The van der Waals surface area contributed by atoms with E-state index >= 15 is 0 Å². The van der Waals surface area contributed by atoms with Crippen LogP contribution in [0.3, 0.4) is 0 Å². The van der Waals surface area contributed by atoms with Gasteiger partial charge in [-0.15, -0.1) is 0 Å². The van der Waals surface area contributed by atoms with Crippen molar-refractivity contribution in [2.75, 3.05) is 24.2 Å². The van der Waals surface area contributed by atoms with E-state index < -0.39 is 0 Å². The summed E-state index contributed by atoms with van der Waals surface area (Å²) in [6.45, 7) is 11.4. The van der Waals surface area contributed by atoms with Gasteiger partial charge in [0.15, 0.2) is 0 Å². The van der Waals surface area contributed by atoms with Gasteiger partial charge in [0.2, 0.25) is 5.88 Å². The molecule has 4 heteroatoms. The number of ether oxygens (including phenoxy) is 1. The average Bonchev–Trinajstić information content (AvgIpc) is 2.27. The zero-order chi connectivity index (χ0) is 14.6. The van der Waals surface area contributed by atoms with E-state index in [1.165, 1.54) is 0 Å². The molecule has 0 unspecified atom stereocenters. The summed E-state index contributed by atoms with van der Waals surface area (Å²) >= 11 is 0. The van der Waals surface area contributed by atoms with Crippen LogP contribution in [0.2, 0.25) is 0 Å². The van der Waals surface area contributed by atoms with Gasteiger partial charge >= 0.3 is 0 Å². The van der Waals surface area contributed by atoms with Crippen molar-refractivity contribution in [1.29, 1.82) is 0 Å². The Balaban J connectivity index is 2.83. The molecule has 0 bridgehead atoms. The lowest BCUT2D eigenvalue weighted by Crippen LogP contribution is -2.25. The van der Waals surface area contributed by atoms with Crippen molar-refractivity contribution >= 4 is 11.5 Å². The van der Waals surface area contributed by atoms with E-state index in [-0.39, 0.29) is 5.60 Å². The molecule has 1 rings (SSSR count). The van der Waals surface area contributed by atoms with Gasteiger partial charge < -0.3 is 15.4 Å². The molecule has 108 valence electrons. The van der Waals surface area contributed by atoms with Gasteiger partial charge in [0.05, 0.1) is 5.69 Å². The smallest absolute Gasteiger partial charge is 0.239 e. The summed E-state index contributed by atoms with van der Waals surface area (Å²) < 4.78 is 5.79. The lowest BCUT2D eigenvalue weighted by atomic mass is 10.1. The Hall–Kier alpha value is -1.45. The van der Waals surface area contributed by atoms with Gasteiger partial charge in [0.25, 0.3) is 0 Å². The van der Waals surface area contributed by atoms with Crippen molar-refractivity contribution in [2.24, 2.45) is 5.92 Å². The van der Waals surface area contributed by atoms with Gasteiger partial charge in [0, 0.05) is 13.6 Å². The number of nitrogen functional groups attached to an aromatic ring is 1. The zero-order valence-electron chi connectivity index (χ0n) is 13.0. The first kappa shape index (κ1) is 15.6. The fourth-order valence-electron chi connectivity index (χ4n) is 1.59. The second-order valence-electron chi connectivity index (χ2n) is 6.38. The first-order valence-corrected chi connectivity index (χ1v) is 6.85. The summed E-state index contributed by atoms with van der Waals surface area (Å²) in [5.41, 5.74) is 6.20. The van der Waals surface area contributed by atoms with Crippen LogP contribution < -0.4 is 15.4 Å². The normalized spacial score (nSPS) is 11.7. The number of aromatic nitrogens is 1. The molecule has 0 spiro atoms. The molecule has 0 saturated heterocycles. The van der Waals surface area contributed by atoms with Crippen molar-refractivity contribution in [2.45, 2.75) is 46.6 Å². The maximum absolute atomic E-state index is 5.91. The predicted octanol–water partition coefficient (Wildman–Crippen LogP) is 3.32. The molecule has 0 aromatic carbocycles. The fourth-order valence-corrected chi connectivity index (χ4v) is 1.59. The molecule has 1 aromatic rings. The summed E-state index contributed by atoms with van der Waals surface area (Å²) in [5, 5.41) is 0. The van der Waals surface area contributed by atoms with Crippen LogP contribution in [0, 0.1) is 5.92 Å². The third-order valence-electron chi connectivity index (χ3n) is 2.71. The van der Waals surface area contributed by atoms with Crippen LogP contribution in [0.1, 0.15) is 41.0 Å². The number of pyridine rings is 1. The molecule has 4 nitrogen and oxygen atoms in total. The molecule has 0 radical (unpaired) electrons. The maximum atomic E-state index is 5.91. The van der Waals surface area contributed by atoms with Crippen LogP contribution in [0.4, 0.5) is 11.5 Å². The Morgan fingerprint density at radius 1 is 1.32 bits per heavy atom. The van der Waals surface area contributed by atoms with Gasteiger partial charge in [-0.05, 0) is 45.2 Å². The second-order valence-corrected chi connectivity index (χ2v) is 6.38. The van der Waals surface area contributed by atoms with Crippen LogP contribution in [-0.2, 0) is 0 Å². The molecule has 1 heterocycles. The lowest BCUT2D eigenvalue weighted by Gasteiger charge is -2.24. The lowest BCUT2D eigenvalue weighted by molar-refractivity contribution is 0.125. The summed E-state index contributed by atoms with van der Waals surface area (Å²) in [6.07, 6.45) is 1.14. The summed E-state index contributed by atoms with van der Waals surface area (Å²) in [6, 6.07) is 3.79. The Morgan fingerprint density at radius 2 is 1.95 bits per heavy atom. The Morgan fingerprint density at radius 3 is 2.47 bits per heavy atom. The molecule has 0 aliphatic carbocycles. The van der Waals surface area contributed by atoms with Gasteiger partial charge in [-0.2, -0.15) is 4.98 Å². The van der Waals surface area contributed by atoms with Gasteiger partial charge in [0.1, 0.15) is 11.4 Å². The average molecular weight is 265 g/mol. The number of anilines is 2. The van der Waals surface area contributed by atoms with Crippen LogP contribution in [0.15, 0.2) is 12.1 Å². The first-order chi connectivity index (χ1) is 8.69. The Bertz CT molecular complexity index is 410. The minimum Gasteiger partial charge on any atom is -0.470 e. The number of nitrogens with two attached hydrogens (primary N) is 1. The SMILES string of the molecule is CC(C)CCN(C)c1ccc(N)c(OC(C)(C)C)n1. The molecule has 19 heavy (non-hydrogen) atoms. The van der Waals surface area contributed by atoms with Gasteiger partial charge in [-0.25, -0.2) is 0 Å². The van der Waals surface area contributed by atoms with E-state index in [2.05, 4.69) is 23.7 Å². The summed E-state index contributed by atoms with van der Waals surface area (Å²) in [7, 11) is 2.04. The molecule has 0 aliphatic heterocycles. The third-order valence-corrected chi connectivity index (χ3v) is 2.71. The minimum atomic E-state index is -0.295. The molecular formula is C15H27N3O. The van der Waals surface area contributed by atoms with E-state index in [1.807, 2.05) is 40.0 Å². The van der Waals surface area contributed by atoms with E-state index in [0.29, 0.717) is 17.5 Å². The topological polar surface area (TPSA) is 51.4 Å². The van der Waals surface area contributed by atoms with Gasteiger partial charge in [-0.3, -0.25) is 0 Å². The Labute approximate surface area is 117 Å².